The van der Waals surface area contributed by atoms with Crippen molar-refractivity contribution in [1.29, 1.82) is 0 Å². The van der Waals surface area contributed by atoms with Gasteiger partial charge in [-0.25, -0.2) is 4.79 Å². The predicted molar refractivity (Wildman–Crippen MR) is 241 cm³/mol. The molecule has 62 heavy (non-hydrogen) atoms. The van der Waals surface area contributed by atoms with E-state index in [1.807, 2.05) is 101 Å². The van der Waals surface area contributed by atoms with Gasteiger partial charge in [0.1, 0.15) is 23.9 Å². The Morgan fingerprint density at radius 3 is 2.08 bits per heavy atom. The summed E-state index contributed by atoms with van der Waals surface area (Å²) in [5.74, 6) is -2.78. The lowest BCUT2D eigenvalue weighted by Crippen LogP contribution is -2.59. The van der Waals surface area contributed by atoms with Crippen molar-refractivity contribution in [2.45, 2.75) is 122 Å². The summed E-state index contributed by atoms with van der Waals surface area (Å²) in [6.45, 7) is 16.5. The molecule has 0 bridgehead atoms. The van der Waals surface area contributed by atoms with Crippen LogP contribution in [0, 0.1) is 17.8 Å². The number of ether oxygens (including phenoxy) is 3. The molecule has 1 aliphatic rings. The van der Waals surface area contributed by atoms with Gasteiger partial charge in [-0.15, -0.1) is 0 Å². The number of rotatable bonds is 25. The Hall–Kier alpha value is -4.79. The largest absolute Gasteiger partial charge is 0.497 e. The Balaban J connectivity index is 1.76. The summed E-state index contributed by atoms with van der Waals surface area (Å²) >= 11 is 0. The maximum atomic E-state index is 14.5. The zero-order valence-electron chi connectivity index (χ0n) is 38.9. The number of carbonyl (C=O) groups excluding carboxylic acids is 4. The summed E-state index contributed by atoms with van der Waals surface area (Å²) in [4.78, 5) is 73.9. The predicted octanol–water partition coefficient (Wildman–Crippen LogP) is 4.99. The van der Waals surface area contributed by atoms with E-state index < -0.39 is 60.2 Å². The maximum Gasteiger partial charge on any atom is 0.326 e. The first-order chi connectivity index (χ1) is 29.4. The Labute approximate surface area is 369 Å². The standard InChI is InChI=1S/C48H73N5O9/c1-13-32(6)43(52(9)47(57)41(30(2)3)50-46(56)42(31(4)5)51(8)27-25-34-21-23-36(60-10)24-22-34)39(61-11)29-40(54)53-26-17-20-38(53)44(62-12)33(7)45(55)49-37(48(58)59)28-35-18-15-14-16-19-35/h14-16,18-19,21-24,30,32-33,37-39,41-44H,4,13,17,20,25-29H2,1-3,5-12H3,(H,49,55)(H,50,56)(H,58,59)/t32-,33+,37-,38-,39+,41-,42-,43-,44+/m0/s1. The van der Waals surface area contributed by atoms with E-state index in [0.717, 1.165) is 16.9 Å². The van der Waals surface area contributed by atoms with E-state index in [4.69, 9.17) is 14.2 Å². The molecule has 3 rings (SSSR count). The molecule has 4 amide bonds. The van der Waals surface area contributed by atoms with Crippen molar-refractivity contribution in [3.05, 3.63) is 77.9 Å². The van der Waals surface area contributed by atoms with E-state index in [1.165, 1.54) is 14.2 Å². The van der Waals surface area contributed by atoms with Crippen molar-refractivity contribution < 1.29 is 43.3 Å². The summed E-state index contributed by atoms with van der Waals surface area (Å²) in [6, 6.07) is 13.3. The van der Waals surface area contributed by atoms with Crippen LogP contribution in [0.5, 0.6) is 5.75 Å². The molecular weight excluding hydrogens is 791 g/mol. The summed E-state index contributed by atoms with van der Waals surface area (Å²) < 4.78 is 17.2. The van der Waals surface area contributed by atoms with E-state index in [0.29, 0.717) is 44.3 Å². The van der Waals surface area contributed by atoms with Crippen LogP contribution >= 0.6 is 0 Å². The molecule has 3 N–H and O–H groups in total. The number of carboxylic acid groups (broad SMARTS) is 1. The molecule has 0 spiro atoms. The first-order valence-electron chi connectivity index (χ1n) is 21.9. The number of likely N-dealkylation sites (tertiary alicyclic amines) is 1. The van der Waals surface area contributed by atoms with E-state index in [-0.39, 0.29) is 42.4 Å². The Bertz CT molecular complexity index is 1770. The number of carbonyl (C=O) groups is 5. The SMILES string of the molecule is C=C(C)[C@@H](C(=O)N[C@H](C(=O)N(C)[C@@H]([C@@H](C)CC)[C@@H](CC(=O)N1CCC[C@H]1[C@H](OC)[C@@H](C)C(=O)N[C@@H](Cc1ccccc1)C(=O)O)OC)C(C)C)N(C)CCc1ccc(OC)cc1. The van der Waals surface area contributed by atoms with Gasteiger partial charge in [0.05, 0.1) is 43.7 Å². The van der Waals surface area contributed by atoms with E-state index in [9.17, 15) is 29.1 Å². The fourth-order valence-corrected chi connectivity index (χ4v) is 8.65. The average Bonchev–Trinajstić information content (AvgIpc) is 3.74. The molecule has 1 saturated heterocycles. The Kier molecular flexibility index (Phi) is 20.6. The lowest BCUT2D eigenvalue weighted by Gasteiger charge is -2.41. The van der Waals surface area contributed by atoms with Crippen LogP contribution in [0.25, 0.3) is 0 Å². The fourth-order valence-electron chi connectivity index (χ4n) is 8.65. The number of hydrogen-bond acceptors (Lipinski definition) is 9. The van der Waals surface area contributed by atoms with Gasteiger partial charge in [-0.3, -0.25) is 24.1 Å². The third-order valence-electron chi connectivity index (χ3n) is 12.5. The molecular formula is C48H73N5O9. The average molecular weight is 864 g/mol. The van der Waals surface area contributed by atoms with Gasteiger partial charge in [0, 0.05) is 40.8 Å². The molecule has 0 aliphatic carbocycles. The molecule has 0 saturated carbocycles. The van der Waals surface area contributed by atoms with Crippen molar-refractivity contribution in [3.63, 3.8) is 0 Å². The fraction of sp³-hybridized carbons (Fsp3) is 0.604. The van der Waals surface area contributed by atoms with E-state index in [2.05, 4.69) is 17.2 Å². The monoisotopic (exact) mass is 864 g/mol. The van der Waals surface area contributed by atoms with Gasteiger partial charge < -0.3 is 39.8 Å². The summed E-state index contributed by atoms with van der Waals surface area (Å²) in [5.41, 5.74) is 2.52. The highest BCUT2D eigenvalue weighted by Gasteiger charge is 2.43. The minimum atomic E-state index is -1.15. The van der Waals surface area contributed by atoms with Crippen LogP contribution in [0.2, 0.25) is 0 Å². The lowest BCUT2D eigenvalue weighted by molar-refractivity contribution is -0.148. The van der Waals surface area contributed by atoms with Gasteiger partial charge in [0.15, 0.2) is 0 Å². The van der Waals surface area contributed by atoms with E-state index in [1.54, 1.807) is 30.9 Å². The highest BCUT2D eigenvalue weighted by molar-refractivity contribution is 5.91. The normalized spacial score (nSPS) is 17.9. The molecule has 14 heteroatoms. The number of methoxy groups -OCH3 is 3. The Morgan fingerprint density at radius 2 is 1.55 bits per heavy atom. The van der Waals surface area contributed by atoms with Crippen molar-refractivity contribution in [1.82, 2.24) is 25.3 Å². The van der Waals surface area contributed by atoms with E-state index >= 15 is 0 Å². The lowest BCUT2D eigenvalue weighted by atomic mass is 9.89. The number of nitrogens with one attached hydrogen (secondary N) is 2. The number of carboxylic acids is 1. The van der Waals surface area contributed by atoms with Gasteiger partial charge >= 0.3 is 5.97 Å². The van der Waals surface area contributed by atoms with Gasteiger partial charge in [0.25, 0.3) is 0 Å². The number of hydrogen-bond donors (Lipinski definition) is 3. The van der Waals surface area contributed by atoms with Crippen LogP contribution in [0.3, 0.4) is 0 Å². The van der Waals surface area contributed by atoms with Crippen LogP contribution in [0.15, 0.2) is 66.7 Å². The topological polar surface area (TPSA) is 167 Å². The number of nitrogens with zero attached hydrogens (tertiary/aromatic N) is 3. The van der Waals surface area contributed by atoms with Crippen LogP contribution in [0.4, 0.5) is 0 Å². The maximum absolute atomic E-state index is 14.5. The molecule has 0 aromatic heterocycles. The summed E-state index contributed by atoms with van der Waals surface area (Å²) in [6.07, 6.45) is 1.36. The molecule has 2 aromatic carbocycles. The van der Waals surface area contributed by atoms with Crippen LogP contribution < -0.4 is 15.4 Å². The van der Waals surface area contributed by atoms with Crippen molar-refractivity contribution >= 4 is 29.6 Å². The van der Waals surface area contributed by atoms with Gasteiger partial charge in [-0.2, -0.15) is 0 Å². The molecule has 0 radical (unpaired) electrons. The second-order valence-corrected chi connectivity index (χ2v) is 17.2. The van der Waals surface area contributed by atoms with Crippen molar-refractivity contribution in [2.24, 2.45) is 17.8 Å². The molecule has 1 fully saturated rings. The third kappa shape index (κ3) is 13.9. The van der Waals surface area contributed by atoms with Crippen LogP contribution in [-0.2, 0) is 46.3 Å². The number of benzene rings is 2. The zero-order chi connectivity index (χ0) is 46.3. The highest BCUT2D eigenvalue weighted by Crippen LogP contribution is 2.30. The molecule has 2 aromatic rings. The number of likely N-dealkylation sites (N-methyl/N-ethyl adjacent to an activating group) is 2. The Morgan fingerprint density at radius 1 is 0.903 bits per heavy atom. The third-order valence-corrected chi connectivity index (χ3v) is 12.5. The van der Waals surface area contributed by atoms with Gasteiger partial charge in [0.2, 0.25) is 23.6 Å². The minimum absolute atomic E-state index is 0.0375. The second kappa shape index (κ2) is 24.7. The zero-order valence-corrected chi connectivity index (χ0v) is 38.9. The summed E-state index contributed by atoms with van der Waals surface area (Å²) in [5, 5.41) is 15.7. The number of aliphatic carboxylic acids is 1. The van der Waals surface area contributed by atoms with Crippen molar-refractivity contribution in [2.75, 3.05) is 48.5 Å². The second-order valence-electron chi connectivity index (χ2n) is 17.2. The molecule has 1 heterocycles. The number of amides is 4. The van der Waals surface area contributed by atoms with Gasteiger partial charge in [-0.1, -0.05) is 95.7 Å². The van der Waals surface area contributed by atoms with Crippen LogP contribution in [0.1, 0.15) is 78.4 Å². The molecule has 0 unspecified atom stereocenters. The molecule has 9 atom stereocenters. The minimum Gasteiger partial charge on any atom is -0.497 e. The quantitative estimate of drug-likeness (QED) is 0.116. The van der Waals surface area contributed by atoms with Crippen molar-refractivity contribution in [3.8, 4) is 5.75 Å². The highest BCUT2D eigenvalue weighted by atomic mass is 16.5. The molecule has 14 nitrogen and oxygen atoms in total. The molecule has 1 aliphatic heterocycles. The van der Waals surface area contributed by atoms with Crippen LogP contribution in [-0.4, -0.2) is 140 Å². The first-order valence-corrected chi connectivity index (χ1v) is 21.9. The van der Waals surface area contributed by atoms with Gasteiger partial charge in [-0.05, 0) is 68.3 Å². The molecule has 344 valence electrons. The smallest absolute Gasteiger partial charge is 0.326 e. The first kappa shape index (κ1) is 51.6. The summed E-state index contributed by atoms with van der Waals surface area (Å²) in [7, 11) is 8.23.